The van der Waals surface area contributed by atoms with E-state index in [2.05, 4.69) is 22.5 Å². The van der Waals surface area contributed by atoms with Gasteiger partial charge in [-0.3, -0.25) is 9.59 Å². The number of amides is 2. The van der Waals surface area contributed by atoms with Crippen molar-refractivity contribution in [2.75, 3.05) is 25.0 Å². The molecular formula is C18H23N5O2. The van der Waals surface area contributed by atoms with E-state index in [1.165, 1.54) is 0 Å². The van der Waals surface area contributed by atoms with Crippen LogP contribution in [0, 0.1) is 0 Å². The Bertz CT molecular complexity index is 729. The van der Waals surface area contributed by atoms with Gasteiger partial charge in [-0.05, 0) is 25.1 Å². The van der Waals surface area contributed by atoms with E-state index in [0.29, 0.717) is 43.3 Å². The fourth-order valence-corrected chi connectivity index (χ4v) is 2.90. The summed E-state index contributed by atoms with van der Waals surface area (Å²) in [6.07, 6.45) is 5.54. The first-order valence-corrected chi connectivity index (χ1v) is 8.50. The SMILES string of the molecule is CC1CN(C(=O)c2cccc(NC(=O)CCn3ccnc3)c2)CCN1. The summed E-state index contributed by atoms with van der Waals surface area (Å²) in [4.78, 5) is 30.5. The summed E-state index contributed by atoms with van der Waals surface area (Å²) in [5.74, 6) is -0.0861. The van der Waals surface area contributed by atoms with Crippen molar-refractivity contribution in [1.29, 1.82) is 0 Å². The molecule has 1 aromatic heterocycles. The van der Waals surface area contributed by atoms with Crippen LogP contribution >= 0.6 is 0 Å². The lowest BCUT2D eigenvalue weighted by atomic mass is 10.1. The molecule has 2 aromatic rings. The molecule has 1 fully saturated rings. The first kappa shape index (κ1) is 17.2. The Morgan fingerprint density at radius 3 is 3.04 bits per heavy atom. The van der Waals surface area contributed by atoms with Crippen LogP contribution in [0.2, 0.25) is 0 Å². The molecule has 1 saturated heterocycles. The molecule has 1 aliphatic rings. The second-order valence-corrected chi connectivity index (χ2v) is 6.29. The highest BCUT2D eigenvalue weighted by molar-refractivity contribution is 5.97. The van der Waals surface area contributed by atoms with Crippen LogP contribution in [-0.4, -0.2) is 51.9 Å². The molecule has 3 rings (SSSR count). The highest BCUT2D eigenvalue weighted by Crippen LogP contribution is 2.14. The Labute approximate surface area is 147 Å². The van der Waals surface area contributed by atoms with E-state index < -0.39 is 0 Å². The van der Waals surface area contributed by atoms with E-state index in [1.807, 2.05) is 15.7 Å². The number of carbonyl (C=O) groups excluding carboxylic acids is 2. The summed E-state index contributed by atoms with van der Waals surface area (Å²) in [7, 11) is 0. The summed E-state index contributed by atoms with van der Waals surface area (Å²) in [6, 6.07) is 7.42. The normalized spacial score (nSPS) is 17.3. The summed E-state index contributed by atoms with van der Waals surface area (Å²) in [5.41, 5.74) is 1.24. The lowest BCUT2D eigenvalue weighted by Crippen LogP contribution is -2.51. The number of rotatable bonds is 5. The second kappa shape index (κ2) is 7.94. The van der Waals surface area contributed by atoms with E-state index >= 15 is 0 Å². The zero-order valence-electron chi connectivity index (χ0n) is 14.3. The number of anilines is 1. The van der Waals surface area contributed by atoms with Crippen molar-refractivity contribution in [3.05, 3.63) is 48.5 Å². The molecule has 1 aromatic carbocycles. The van der Waals surface area contributed by atoms with Crippen LogP contribution < -0.4 is 10.6 Å². The Balaban J connectivity index is 1.58. The van der Waals surface area contributed by atoms with Gasteiger partial charge in [-0.15, -0.1) is 0 Å². The van der Waals surface area contributed by atoms with Gasteiger partial charge in [-0.2, -0.15) is 0 Å². The number of hydrogen-bond acceptors (Lipinski definition) is 4. The topological polar surface area (TPSA) is 79.3 Å². The quantitative estimate of drug-likeness (QED) is 0.860. The summed E-state index contributed by atoms with van der Waals surface area (Å²) >= 11 is 0. The number of nitrogens with zero attached hydrogens (tertiary/aromatic N) is 3. The Hall–Kier alpha value is -2.67. The van der Waals surface area contributed by atoms with Crippen molar-refractivity contribution in [3.63, 3.8) is 0 Å². The Morgan fingerprint density at radius 1 is 1.40 bits per heavy atom. The van der Waals surface area contributed by atoms with Crippen molar-refractivity contribution in [3.8, 4) is 0 Å². The van der Waals surface area contributed by atoms with Gasteiger partial charge in [0.05, 0.1) is 6.33 Å². The first-order valence-electron chi connectivity index (χ1n) is 8.50. The fraction of sp³-hybridized carbons (Fsp3) is 0.389. The van der Waals surface area contributed by atoms with Crippen LogP contribution in [-0.2, 0) is 11.3 Å². The van der Waals surface area contributed by atoms with Crippen molar-refractivity contribution in [1.82, 2.24) is 19.8 Å². The number of nitrogens with one attached hydrogen (secondary N) is 2. The predicted molar refractivity (Wildman–Crippen MR) is 95.3 cm³/mol. The van der Waals surface area contributed by atoms with Crippen LogP contribution in [0.4, 0.5) is 5.69 Å². The zero-order chi connectivity index (χ0) is 17.6. The van der Waals surface area contributed by atoms with E-state index in [4.69, 9.17) is 0 Å². The molecule has 1 aliphatic heterocycles. The number of hydrogen-bond donors (Lipinski definition) is 2. The minimum Gasteiger partial charge on any atom is -0.337 e. The predicted octanol–water partition coefficient (Wildman–Crippen LogP) is 1.35. The molecule has 2 N–H and O–H groups in total. The number of imidazole rings is 1. The summed E-state index contributed by atoms with van der Waals surface area (Å²) < 4.78 is 1.85. The molecule has 7 nitrogen and oxygen atoms in total. The summed E-state index contributed by atoms with van der Waals surface area (Å²) in [5, 5.41) is 6.18. The van der Waals surface area contributed by atoms with Crippen molar-refractivity contribution < 1.29 is 9.59 Å². The van der Waals surface area contributed by atoms with Crippen LogP contribution in [0.25, 0.3) is 0 Å². The molecule has 2 heterocycles. The monoisotopic (exact) mass is 341 g/mol. The number of aryl methyl sites for hydroxylation is 1. The number of benzene rings is 1. The molecule has 0 saturated carbocycles. The minimum atomic E-state index is -0.0888. The molecule has 7 heteroatoms. The standard InChI is InChI=1S/C18H23N5O2/c1-14-12-23(10-7-20-14)18(25)15-3-2-4-16(11-15)21-17(24)5-8-22-9-6-19-13-22/h2-4,6,9,11,13-14,20H,5,7-8,10,12H2,1H3,(H,21,24). The van der Waals surface area contributed by atoms with Gasteiger partial charge < -0.3 is 20.1 Å². The molecule has 0 bridgehead atoms. The minimum absolute atomic E-state index is 0.00265. The first-order chi connectivity index (χ1) is 12.1. The van der Waals surface area contributed by atoms with Gasteiger partial charge in [0.2, 0.25) is 5.91 Å². The maximum Gasteiger partial charge on any atom is 0.254 e. The van der Waals surface area contributed by atoms with Gasteiger partial charge in [-0.25, -0.2) is 4.98 Å². The molecule has 25 heavy (non-hydrogen) atoms. The molecule has 2 amide bonds. The average molecular weight is 341 g/mol. The third kappa shape index (κ3) is 4.67. The van der Waals surface area contributed by atoms with Crippen molar-refractivity contribution in [2.24, 2.45) is 0 Å². The Kier molecular flexibility index (Phi) is 5.45. The molecule has 1 atom stereocenters. The van der Waals surface area contributed by atoms with Crippen LogP contribution in [0.15, 0.2) is 43.0 Å². The van der Waals surface area contributed by atoms with Gasteiger partial charge in [0.25, 0.3) is 5.91 Å². The highest BCUT2D eigenvalue weighted by atomic mass is 16.2. The number of aromatic nitrogens is 2. The lowest BCUT2D eigenvalue weighted by molar-refractivity contribution is -0.116. The third-order valence-corrected chi connectivity index (χ3v) is 4.21. The lowest BCUT2D eigenvalue weighted by Gasteiger charge is -2.32. The van der Waals surface area contributed by atoms with Gasteiger partial charge in [0.15, 0.2) is 0 Å². The molecule has 0 radical (unpaired) electrons. The van der Waals surface area contributed by atoms with E-state index in [1.54, 1.807) is 36.8 Å². The van der Waals surface area contributed by atoms with Gasteiger partial charge in [0.1, 0.15) is 0 Å². The molecule has 0 aliphatic carbocycles. The zero-order valence-corrected chi connectivity index (χ0v) is 14.3. The molecular weight excluding hydrogens is 318 g/mol. The summed E-state index contributed by atoms with van der Waals surface area (Å²) in [6.45, 7) is 4.84. The number of carbonyl (C=O) groups is 2. The van der Waals surface area contributed by atoms with Gasteiger partial charge >= 0.3 is 0 Å². The largest absolute Gasteiger partial charge is 0.337 e. The van der Waals surface area contributed by atoms with Crippen molar-refractivity contribution in [2.45, 2.75) is 25.9 Å². The molecule has 132 valence electrons. The van der Waals surface area contributed by atoms with Crippen LogP contribution in [0.1, 0.15) is 23.7 Å². The fourth-order valence-electron chi connectivity index (χ4n) is 2.90. The maximum absolute atomic E-state index is 12.6. The van der Waals surface area contributed by atoms with E-state index in [0.717, 1.165) is 6.54 Å². The molecule has 1 unspecified atom stereocenters. The second-order valence-electron chi connectivity index (χ2n) is 6.29. The maximum atomic E-state index is 12.6. The smallest absolute Gasteiger partial charge is 0.254 e. The van der Waals surface area contributed by atoms with Crippen LogP contribution in [0.3, 0.4) is 0 Å². The highest BCUT2D eigenvalue weighted by Gasteiger charge is 2.21. The molecule has 0 spiro atoms. The van der Waals surface area contributed by atoms with Gasteiger partial charge in [-0.1, -0.05) is 6.07 Å². The number of piperazine rings is 1. The average Bonchev–Trinajstić information content (AvgIpc) is 3.13. The van der Waals surface area contributed by atoms with E-state index in [9.17, 15) is 9.59 Å². The third-order valence-electron chi connectivity index (χ3n) is 4.21. The van der Waals surface area contributed by atoms with E-state index in [-0.39, 0.29) is 11.8 Å². The van der Waals surface area contributed by atoms with Gasteiger partial charge in [0, 0.05) is 62.3 Å². The van der Waals surface area contributed by atoms with Crippen molar-refractivity contribution >= 4 is 17.5 Å². The Morgan fingerprint density at radius 2 is 2.28 bits per heavy atom. The van der Waals surface area contributed by atoms with Crippen LogP contribution in [0.5, 0.6) is 0 Å².